The Hall–Kier alpha value is -4.17. The van der Waals surface area contributed by atoms with Gasteiger partial charge in [0.2, 0.25) is 5.91 Å². The molecular formula is C29H33NO9S. The highest BCUT2D eigenvalue weighted by Crippen LogP contribution is 2.29. The fraction of sp³-hybridized carbons (Fsp3) is 0.379. The van der Waals surface area contributed by atoms with Crippen LogP contribution in [0.2, 0.25) is 0 Å². The zero-order chi connectivity index (χ0) is 30.7. The molecule has 0 aliphatic heterocycles. The largest absolute Gasteiger partial charge is 0.457 e. The third-order valence-corrected chi connectivity index (χ3v) is 6.71. The van der Waals surface area contributed by atoms with E-state index in [1.165, 1.54) is 18.7 Å². The molecule has 0 saturated carbocycles. The SMILES string of the molecule is CCC(CC)(CC(=O)c1ccc(Sc2ccc(C(=O)COC(=O)C(C)C)cc2)cc1)NC(C)=O.O=C=O.O=C=O. The number of hydrogen-bond acceptors (Lipinski definition) is 10. The molecule has 0 aliphatic carbocycles. The van der Waals surface area contributed by atoms with Gasteiger partial charge >= 0.3 is 18.3 Å². The predicted molar refractivity (Wildman–Crippen MR) is 143 cm³/mol. The molecule has 0 saturated heterocycles. The summed E-state index contributed by atoms with van der Waals surface area (Å²) in [5.74, 6) is -1.05. The van der Waals surface area contributed by atoms with Gasteiger partial charge in [-0.1, -0.05) is 63.7 Å². The fourth-order valence-corrected chi connectivity index (χ4v) is 4.26. The van der Waals surface area contributed by atoms with Crippen LogP contribution in [0.5, 0.6) is 0 Å². The molecule has 10 nitrogen and oxygen atoms in total. The maximum absolute atomic E-state index is 12.8. The number of amides is 1. The lowest BCUT2D eigenvalue weighted by Crippen LogP contribution is -2.48. The van der Waals surface area contributed by atoms with Gasteiger partial charge in [0.15, 0.2) is 18.2 Å². The Morgan fingerprint density at radius 3 is 1.55 bits per heavy atom. The summed E-state index contributed by atoms with van der Waals surface area (Å²) in [6.07, 6.45) is 2.12. The van der Waals surface area contributed by atoms with Gasteiger partial charge in [-0.2, -0.15) is 19.2 Å². The zero-order valence-corrected chi connectivity index (χ0v) is 23.9. The summed E-state index contributed by atoms with van der Waals surface area (Å²) in [6.45, 7) is 8.60. The Morgan fingerprint density at radius 1 is 0.800 bits per heavy atom. The minimum Gasteiger partial charge on any atom is -0.457 e. The van der Waals surface area contributed by atoms with Crippen molar-refractivity contribution in [1.29, 1.82) is 0 Å². The molecule has 40 heavy (non-hydrogen) atoms. The molecule has 1 amide bonds. The monoisotopic (exact) mass is 571 g/mol. The van der Waals surface area contributed by atoms with Gasteiger partial charge in [0.25, 0.3) is 0 Å². The van der Waals surface area contributed by atoms with Crippen molar-refractivity contribution in [2.24, 2.45) is 5.92 Å². The summed E-state index contributed by atoms with van der Waals surface area (Å²) in [6, 6.07) is 14.5. The van der Waals surface area contributed by atoms with E-state index in [9.17, 15) is 19.2 Å². The van der Waals surface area contributed by atoms with Gasteiger partial charge in [0, 0.05) is 39.8 Å². The Balaban J connectivity index is 0.00000232. The minimum absolute atomic E-state index is 0.00460. The number of benzene rings is 2. The second-order valence-electron chi connectivity index (χ2n) is 8.77. The van der Waals surface area contributed by atoms with Gasteiger partial charge in [0.05, 0.1) is 5.92 Å². The van der Waals surface area contributed by atoms with E-state index in [2.05, 4.69) is 5.32 Å². The number of hydrogen-bond donors (Lipinski definition) is 1. The van der Waals surface area contributed by atoms with E-state index in [0.29, 0.717) is 24.0 Å². The van der Waals surface area contributed by atoms with Crippen molar-refractivity contribution in [3.05, 3.63) is 59.7 Å². The number of esters is 1. The first-order chi connectivity index (χ1) is 18.9. The molecule has 0 heterocycles. The third-order valence-electron chi connectivity index (χ3n) is 5.70. The smallest absolute Gasteiger partial charge is 0.373 e. The van der Waals surface area contributed by atoms with Crippen LogP contribution in [0.1, 0.15) is 74.6 Å². The third kappa shape index (κ3) is 13.1. The molecule has 0 unspecified atom stereocenters. The molecule has 2 rings (SSSR count). The van der Waals surface area contributed by atoms with Crippen molar-refractivity contribution in [2.75, 3.05) is 6.61 Å². The fourth-order valence-electron chi connectivity index (χ4n) is 3.44. The van der Waals surface area contributed by atoms with Crippen LogP contribution in [0.25, 0.3) is 0 Å². The number of rotatable bonds is 12. The summed E-state index contributed by atoms with van der Waals surface area (Å²) in [5, 5.41) is 2.96. The number of Topliss-reactive ketones (excluding diaryl/α,β-unsaturated/α-hetero) is 2. The van der Waals surface area contributed by atoms with E-state index < -0.39 is 11.5 Å². The van der Waals surface area contributed by atoms with Crippen molar-refractivity contribution in [3.63, 3.8) is 0 Å². The van der Waals surface area contributed by atoms with Crippen molar-refractivity contribution in [3.8, 4) is 0 Å². The second kappa shape index (κ2) is 19.0. The Bertz CT molecular complexity index is 1180. The molecule has 2 aromatic carbocycles. The van der Waals surface area contributed by atoms with E-state index in [-0.39, 0.29) is 48.7 Å². The second-order valence-corrected chi connectivity index (χ2v) is 9.92. The molecule has 0 aliphatic rings. The van der Waals surface area contributed by atoms with Crippen molar-refractivity contribution >= 4 is 47.5 Å². The van der Waals surface area contributed by atoms with Crippen molar-refractivity contribution < 1.29 is 43.1 Å². The summed E-state index contributed by atoms with van der Waals surface area (Å²) in [4.78, 5) is 82.6. The molecule has 0 radical (unpaired) electrons. The number of ketones is 2. The van der Waals surface area contributed by atoms with Crippen LogP contribution in [0.4, 0.5) is 0 Å². The number of carbonyl (C=O) groups is 4. The highest BCUT2D eigenvalue weighted by molar-refractivity contribution is 7.99. The van der Waals surface area contributed by atoms with Crippen LogP contribution in [0.15, 0.2) is 58.3 Å². The van der Waals surface area contributed by atoms with Gasteiger partial charge in [-0.05, 0) is 37.1 Å². The first-order valence-electron chi connectivity index (χ1n) is 12.3. The van der Waals surface area contributed by atoms with Crippen LogP contribution in [0.3, 0.4) is 0 Å². The molecule has 0 fully saturated rings. The van der Waals surface area contributed by atoms with E-state index in [4.69, 9.17) is 23.9 Å². The highest BCUT2D eigenvalue weighted by Gasteiger charge is 2.30. The molecular weight excluding hydrogens is 538 g/mol. The average molecular weight is 572 g/mol. The van der Waals surface area contributed by atoms with Crippen molar-refractivity contribution in [1.82, 2.24) is 5.32 Å². The first-order valence-corrected chi connectivity index (χ1v) is 13.1. The average Bonchev–Trinajstić information content (AvgIpc) is 2.92. The van der Waals surface area contributed by atoms with Crippen LogP contribution in [-0.4, -0.2) is 47.9 Å². The maximum Gasteiger partial charge on any atom is 0.373 e. The predicted octanol–water partition coefficient (Wildman–Crippen LogP) is 4.32. The number of nitrogens with one attached hydrogen (secondary N) is 1. The van der Waals surface area contributed by atoms with Gasteiger partial charge in [-0.3, -0.25) is 19.2 Å². The lowest BCUT2D eigenvalue weighted by molar-refractivity contribution is -0.193. The minimum atomic E-state index is -0.525. The van der Waals surface area contributed by atoms with E-state index in [0.717, 1.165) is 9.79 Å². The molecule has 214 valence electrons. The van der Waals surface area contributed by atoms with Crippen LogP contribution in [0, 0.1) is 5.92 Å². The Labute approximate surface area is 237 Å². The van der Waals surface area contributed by atoms with Crippen LogP contribution < -0.4 is 5.32 Å². The summed E-state index contributed by atoms with van der Waals surface area (Å²) < 4.78 is 5.00. The Kier molecular flexibility index (Phi) is 17.0. The Morgan fingerprint density at radius 2 is 1.20 bits per heavy atom. The quantitative estimate of drug-likeness (QED) is 0.287. The van der Waals surface area contributed by atoms with Gasteiger partial charge in [-0.15, -0.1) is 0 Å². The van der Waals surface area contributed by atoms with Gasteiger partial charge in [0.1, 0.15) is 0 Å². The van der Waals surface area contributed by atoms with E-state index in [1.807, 2.05) is 38.1 Å². The molecule has 11 heteroatoms. The van der Waals surface area contributed by atoms with Crippen LogP contribution in [-0.2, 0) is 33.5 Å². The molecule has 0 aromatic heterocycles. The first kappa shape index (κ1) is 35.8. The zero-order valence-electron chi connectivity index (χ0n) is 23.1. The van der Waals surface area contributed by atoms with Gasteiger partial charge in [-0.25, -0.2) is 0 Å². The number of ether oxygens (including phenoxy) is 1. The van der Waals surface area contributed by atoms with E-state index >= 15 is 0 Å². The van der Waals surface area contributed by atoms with Crippen molar-refractivity contribution in [2.45, 2.75) is 69.2 Å². The molecule has 0 spiro atoms. The summed E-state index contributed by atoms with van der Waals surface area (Å²) in [7, 11) is 0. The standard InChI is InChI=1S/C27H33NO5S.2CO2/c1-6-27(7-2,28-19(5)29)16-24(30)20-8-12-22(13-9-20)34-23-14-10-21(11-15-23)25(31)17-33-26(32)18(3)4;2*2-1-3/h8-15,18H,6-7,16-17H2,1-5H3,(H,28,29);;. The summed E-state index contributed by atoms with van der Waals surface area (Å²) >= 11 is 1.52. The lowest BCUT2D eigenvalue weighted by Gasteiger charge is -2.32. The maximum atomic E-state index is 12.8. The van der Waals surface area contributed by atoms with E-state index in [1.54, 1.807) is 38.1 Å². The topological polar surface area (TPSA) is 158 Å². The molecule has 0 atom stereocenters. The summed E-state index contributed by atoms with van der Waals surface area (Å²) in [5.41, 5.74) is 0.567. The highest BCUT2D eigenvalue weighted by atomic mass is 32.2. The van der Waals surface area contributed by atoms with Gasteiger partial charge < -0.3 is 10.1 Å². The lowest BCUT2D eigenvalue weighted by atomic mass is 9.85. The van der Waals surface area contributed by atoms with Crippen LogP contribution >= 0.6 is 11.8 Å². The molecule has 2 aromatic rings. The number of carbonyl (C=O) groups excluding carboxylic acids is 8. The molecule has 0 bridgehead atoms. The molecule has 1 N–H and O–H groups in total. The normalized spacial score (nSPS) is 9.95.